The van der Waals surface area contributed by atoms with Gasteiger partial charge in [-0.1, -0.05) is 0 Å². The van der Waals surface area contributed by atoms with Crippen LogP contribution in [0.4, 0.5) is 0 Å². The van der Waals surface area contributed by atoms with Crippen LogP contribution in [0.5, 0.6) is 0 Å². The lowest BCUT2D eigenvalue weighted by Crippen LogP contribution is -2.43. The molecule has 1 saturated heterocycles. The zero-order chi connectivity index (χ0) is 13.5. The summed E-state index contributed by atoms with van der Waals surface area (Å²) in [4.78, 5) is 25.8. The summed E-state index contributed by atoms with van der Waals surface area (Å²) >= 11 is 0. The van der Waals surface area contributed by atoms with Crippen molar-refractivity contribution < 1.29 is 9.59 Å². The second-order valence-corrected chi connectivity index (χ2v) is 4.46. The molecule has 1 aliphatic heterocycles. The molecule has 1 rings (SSSR count). The molecule has 0 aromatic rings. The van der Waals surface area contributed by atoms with Crippen LogP contribution in [0.3, 0.4) is 0 Å². The first-order chi connectivity index (χ1) is 8.56. The van der Waals surface area contributed by atoms with Crippen LogP contribution in [0.15, 0.2) is 11.8 Å². The fourth-order valence-electron chi connectivity index (χ4n) is 1.63. The van der Waals surface area contributed by atoms with Gasteiger partial charge < -0.3 is 15.1 Å². The van der Waals surface area contributed by atoms with Gasteiger partial charge in [-0.05, 0) is 13.8 Å². The van der Waals surface area contributed by atoms with Gasteiger partial charge in [-0.25, -0.2) is 0 Å². The molecule has 0 atom stereocenters. The first-order valence-corrected chi connectivity index (χ1v) is 5.93. The lowest BCUT2D eigenvalue weighted by atomic mass is 10.2. The number of nitrogens with zero attached hydrogens (tertiary/aromatic N) is 3. The van der Waals surface area contributed by atoms with Gasteiger partial charge in [0.1, 0.15) is 11.6 Å². The molecule has 1 heterocycles. The van der Waals surface area contributed by atoms with Crippen molar-refractivity contribution in [1.29, 1.82) is 5.26 Å². The Morgan fingerprint density at radius 2 is 1.83 bits per heavy atom. The highest BCUT2D eigenvalue weighted by Crippen LogP contribution is 2.04. The topological polar surface area (TPSA) is 76.4 Å². The highest BCUT2D eigenvalue weighted by Gasteiger charge is 2.16. The van der Waals surface area contributed by atoms with Crippen molar-refractivity contribution in [2.75, 3.05) is 26.2 Å². The number of nitriles is 1. The van der Waals surface area contributed by atoms with E-state index in [2.05, 4.69) is 5.32 Å². The van der Waals surface area contributed by atoms with Crippen LogP contribution in [0, 0.1) is 11.3 Å². The minimum absolute atomic E-state index is 0.00107. The molecule has 18 heavy (non-hydrogen) atoms. The fraction of sp³-hybridized carbons (Fsp3) is 0.583. The number of rotatable bonds is 4. The fourth-order valence-corrected chi connectivity index (χ4v) is 1.63. The van der Waals surface area contributed by atoms with Crippen LogP contribution in [-0.4, -0.2) is 54.3 Å². The molecular weight excluding hydrogens is 232 g/mol. The van der Waals surface area contributed by atoms with Crippen LogP contribution < -0.4 is 5.32 Å². The quantitative estimate of drug-likeness (QED) is 0.422. The summed E-state index contributed by atoms with van der Waals surface area (Å²) in [5.74, 6) is -0.356. The molecule has 1 N–H and O–H groups in total. The first-order valence-electron chi connectivity index (χ1n) is 5.93. The summed E-state index contributed by atoms with van der Waals surface area (Å²) in [7, 11) is 0. The smallest absolute Gasteiger partial charge is 0.263 e. The van der Waals surface area contributed by atoms with Gasteiger partial charge in [0.2, 0.25) is 6.41 Å². The van der Waals surface area contributed by atoms with Crippen LogP contribution in [0.2, 0.25) is 0 Å². The average molecular weight is 250 g/mol. The number of carbonyl (C=O) groups is 2. The Balaban J connectivity index is 2.60. The lowest BCUT2D eigenvalue weighted by Gasteiger charge is -2.31. The summed E-state index contributed by atoms with van der Waals surface area (Å²) in [5.41, 5.74) is 0.100. The highest BCUT2D eigenvalue weighted by molar-refractivity contribution is 5.97. The van der Waals surface area contributed by atoms with Gasteiger partial charge in [-0.15, -0.1) is 0 Å². The predicted molar refractivity (Wildman–Crippen MR) is 66.2 cm³/mol. The zero-order valence-electron chi connectivity index (χ0n) is 10.7. The van der Waals surface area contributed by atoms with Crippen LogP contribution >= 0.6 is 0 Å². The van der Waals surface area contributed by atoms with Gasteiger partial charge in [0.05, 0.1) is 0 Å². The summed E-state index contributed by atoms with van der Waals surface area (Å²) < 4.78 is 0. The molecule has 1 fully saturated rings. The van der Waals surface area contributed by atoms with Crippen molar-refractivity contribution in [2.24, 2.45) is 0 Å². The van der Waals surface area contributed by atoms with Crippen molar-refractivity contribution in [2.45, 2.75) is 19.9 Å². The Kier molecular flexibility index (Phi) is 5.18. The summed E-state index contributed by atoms with van der Waals surface area (Å²) in [6.07, 6.45) is 2.39. The molecule has 0 spiro atoms. The first kappa shape index (κ1) is 14.0. The molecule has 6 nitrogen and oxygen atoms in total. The Morgan fingerprint density at radius 3 is 2.28 bits per heavy atom. The molecule has 0 aliphatic carbocycles. The standard InChI is InChI=1S/C12H18N4O2/c1-10(2)14-12(18)11(7-13)8-15-3-5-16(9-17)6-4-15/h8-10H,3-6H2,1-2H3,(H,14,18)/b11-8-. The van der Waals surface area contributed by atoms with Gasteiger partial charge >= 0.3 is 0 Å². The highest BCUT2D eigenvalue weighted by atomic mass is 16.2. The number of piperazine rings is 1. The Bertz CT molecular complexity index is 376. The van der Waals surface area contributed by atoms with Gasteiger partial charge in [0.25, 0.3) is 5.91 Å². The number of nitrogens with one attached hydrogen (secondary N) is 1. The average Bonchev–Trinajstić information content (AvgIpc) is 2.35. The minimum atomic E-state index is -0.356. The SMILES string of the molecule is CC(C)NC(=O)/C(C#N)=C\N1CCN(C=O)CC1. The van der Waals surface area contributed by atoms with E-state index in [0.29, 0.717) is 26.2 Å². The maximum Gasteiger partial charge on any atom is 0.263 e. The van der Waals surface area contributed by atoms with Crippen LogP contribution in [-0.2, 0) is 9.59 Å². The third-order valence-corrected chi connectivity index (χ3v) is 2.59. The Hall–Kier alpha value is -2.03. The molecule has 0 saturated carbocycles. The van der Waals surface area contributed by atoms with Crippen molar-refractivity contribution in [3.8, 4) is 6.07 Å². The molecular formula is C12H18N4O2. The molecule has 6 heteroatoms. The normalized spacial score (nSPS) is 16.4. The van der Waals surface area contributed by atoms with E-state index in [4.69, 9.17) is 5.26 Å². The lowest BCUT2D eigenvalue weighted by molar-refractivity contribution is -0.120. The number of carbonyl (C=O) groups excluding carboxylic acids is 2. The van der Waals surface area contributed by atoms with Crippen LogP contribution in [0.1, 0.15) is 13.8 Å². The molecule has 0 unspecified atom stereocenters. The van der Waals surface area contributed by atoms with E-state index in [1.165, 1.54) is 0 Å². The van der Waals surface area contributed by atoms with Gasteiger partial charge in [0, 0.05) is 38.4 Å². The maximum atomic E-state index is 11.7. The molecule has 0 aromatic heterocycles. The van der Waals surface area contributed by atoms with E-state index in [-0.39, 0.29) is 17.5 Å². The summed E-state index contributed by atoms with van der Waals surface area (Å²) in [6.45, 7) is 6.19. The number of amides is 2. The molecule has 0 radical (unpaired) electrons. The van der Waals surface area contributed by atoms with E-state index in [9.17, 15) is 9.59 Å². The summed E-state index contributed by atoms with van der Waals surface area (Å²) in [5, 5.41) is 11.6. The molecule has 0 bridgehead atoms. The van der Waals surface area contributed by atoms with Crippen molar-refractivity contribution in [3.05, 3.63) is 11.8 Å². The maximum absolute atomic E-state index is 11.7. The molecule has 1 aliphatic rings. The van der Waals surface area contributed by atoms with Gasteiger partial charge in [0.15, 0.2) is 0 Å². The zero-order valence-corrected chi connectivity index (χ0v) is 10.7. The second-order valence-electron chi connectivity index (χ2n) is 4.46. The number of hydrogen-bond donors (Lipinski definition) is 1. The van der Waals surface area contributed by atoms with E-state index in [0.717, 1.165) is 6.41 Å². The van der Waals surface area contributed by atoms with Crippen molar-refractivity contribution in [3.63, 3.8) is 0 Å². The number of hydrogen-bond acceptors (Lipinski definition) is 4. The second kappa shape index (κ2) is 6.64. The van der Waals surface area contributed by atoms with E-state index in [1.54, 1.807) is 11.1 Å². The molecule has 98 valence electrons. The third-order valence-electron chi connectivity index (χ3n) is 2.59. The van der Waals surface area contributed by atoms with Crippen molar-refractivity contribution in [1.82, 2.24) is 15.1 Å². The molecule has 0 aromatic carbocycles. The third kappa shape index (κ3) is 4.09. The van der Waals surface area contributed by atoms with Gasteiger partial charge in [-0.2, -0.15) is 5.26 Å². The predicted octanol–water partition coefficient (Wildman–Crippen LogP) is -0.308. The van der Waals surface area contributed by atoms with Crippen LogP contribution in [0.25, 0.3) is 0 Å². The Morgan fingerprint density at radius 1 is 1.28 bits per heavy atom. The van der Waals surface area contributed by atoms with Gasteiger partial charge in [-0.3, -0.25) is 9.59 Å². The van der Waals surface area contributed by atoms with E-state index < -0.39 is 0 Å². The van der Waals surface area contributed by atoms with Crippen molar-refractivity contribution >= 4 is 12.3 Å². The largest absolute Gasteiger partial charge is 0.373 e. The van der Waals surface area contributed by atoms with E-state index in [1.807, 2.05) is 24.8 Å². The molecule has 2 amide bonds. The monoisotopic (exact) mass is 250 g/mol. The Labute approximate surface area is 107 Å². The minimum Gasteiger partial charge on any atom is -0.373 e. The summed E-state index contributed by atoms with van der Waals surface area (Å²) in [6, 6.07) is 1.91. The van der Waals surface area contributed by atoms with E-state index >= 15 is 0 Å².